The third-order valence-electron chi connectivity index (χ3n) is 3.46. The summed E-state index contributed by atoms with van der Waals surface area (Å²) in [4.78, 5) is 7.00. The molecule has 2 nitrogen and oxygen atoms in total. The number of thiophene rings is 1. The van der Waals surface area contributed by atoms with Crippen LogP contribution in [0.25, 0.3) is 21.8 Å². The number of hydrogen-bond acceptors (Lipinski definition) is 5. The van der Waals surface area contributed by atoms with Crippen molar-refractivity contribution in [1.29, 1.82) is 0 Å². The van der Waals surface area contributed by atoms with Gasteiger partial charge in [-0.15, -0.1) is 22.7 Å². The van der Waals surface area contributed by atoms with E-state index in [2.05, 4.69) is 37.4 Å². The van der Waals surface area contributed by atoms with Crippen molar-refractivity contribution in [2.45, 2.75) is 13.8 Å². The molecule has 0 unspecified atom stereocenters. The second-order valence-electron chi connectivity index (χ2n) is 4.92. The molecule has 3 rings (SSSR count). The number of methoxy groups -OCH3 is 1. The molecule has 3 aromatic rings. The van der Waals surface area contributed by atoms with Gasteiger partial charge in [0.15, 0.2) is 0 Å². The van der Waals surface area contributed by atoms with E-state index in [1.54, 1.807) is 29.8 Å². The van der Waals surface area contributed by atoms with Crippen molar-refractivity contribution in [3.63, 3.8) is 0 Å². The van der Waals surface area contributed by atoms with Crippen LogP contribution in [0.1, 0.15) is 15.3 Å². The molecule has 0 saturated carbocycles. The number of aromatic nitrogens is 1. The molecule has 2 heterocycles. The van der Waals surface area contributed by atoms with Crippen LogP contribution < -0.4 is 0 Å². The number of nitrogens with zero attached hydrogens (tertiary/aromatic N) is 1. The molecule has 112 valence electrons. The lowest BCUT2D eigenvalue weighted by Gasteiger charge is -2.00. The van der Waals surface area contributed by atoms with E-state index in [4.69, 9.17) is 21.9 Å². The predicted molar refractivity (Wildman–Crippen MR) is 99.0 cm³/mol. The maximum Gasteiger partial charge on any atom is 0.201 e. The summed E-state index contributed by atoms with van der Waals surface area (Å²) in [5.41, 5.74) is 4.59. The van der Waals surface area contributed by atoms with Gasteiger partial charge < -0.3 is 4.74 Å². The molecule has 0 N–H and O–H groups in total. The average molecular weight is 346 g/mol. The quantitative estimate of drug-likeness (QED) is 0.587. The van der Waals surface area contributed by atoms with Gasteiger partial charge in [-0.05, 0) is 37.7 Å². The molecular formula is C17H15NOS3. The summed E-state index contributed by atoms with van der Waals surface area (Å²) in [6.45, 7) is 4.20. The van der Waals surface area contributed by atoms with Crippen LogP contribution in [0, 0.1) is 13.8 Å². The lowest BCUT2D eigenvalue weighted by molar-refractivity contribution is 0.417. The van der Waals surface area contributed by atoms with Crippen LogP contribution in [0.3, 0.4) is 0 Å². The molecule has 0 radical (unpaired) electrons. The van der Waals surface area contributed by atoms with E-state index in [0.29, 0.717) is 5.05 Å². The summed E-state index contributed by atoms with van der Waals surface area (Å²) in [5.74, 6) is 0. The molecule has 0 aliphatic carbocycles. The SMILES string of the molecule is COC(=S)c1cc(-c2nc(-c3ccccc3C)cs2)c(C)s1. The first kappa shape index (κ1) is 15.3. The molecule has 0 aliphatic heterocycles. The highest BCUT2D eigenvalue weighted by molar-refractivity contribution is 7.80. The number of thiocarbonyl (C=S) groups is 1. The van der Waals surface area contributed by atoms with Crippen LogP contribution in [0.15, 0.2) is 35.7 Å². The summed E-state index contributed by atoms with van der Waals surface area (Å²) in [6, 6.07) is 10.4. The normalized spacial score (nSPS) is 10.7. The zero-order chi connectivity index (χ0) is 15.7. The number of rotatable bonds is 3. The summed E-state index contributed by atoms with van der Waals surface area (Å²) in [6.07, 6.45) is 0. The van der Waals surface area contributed by atoms with Crippen molar-refractivity contribution in [1.82, 2.24) is 4.98 Å². The number of aryl methyl sites for hydroxylation is 2. The van der Waals surface area contributed by atoms with E-state index in [1.807, 2.05) is 12.1 Å². The van der Waals surface area contributed by atoms with Crippen molar-refractivity contribution in [2.24, 2.45) is 0 Å². The summed E-state index contributed by atoms with van der Waals surface area (Å²) in [5, 5.41) is 3.68. The lowest BCUT2D eigenvalue weighted by Crippen LogP contribution is -1.94. The van der Waals surface area contributed by atoms with Crippen molar-refractivity contribution in [3.05, 3.63) is 51.0 Å². The zero-order valence-electron chi connectivity index (χ0n) is 12.5. The van der Waals surface area contributed by atoms with Gasteiger partial charge in [-0.2, -0.15) is 0 Å². The fraction of sp³-hybridized carbons (Fsp3) is 0.176. The average Bonchev–Trinajstić information content (AvgIpc) is 3.13. The monoisotopic (exact) mass is 345 g/mol. The first-order valence-corrected chi connectivity index (χ1v) is 8.91. The Morgan fingerprint density at radius 2 is 1.95 bits per heavy atom. The zero-order valence-corrected chi connectivity index (χ0v) is 15.0. The Kier molecular flexibility index (Phi) is 4.38. The summed E-state index contributed by atoms with van der Waals surface area (Å²) >= 11 is 8.53. The number of benzene rings is 1. The Balaban J connectivity index is 2.00. The first-order chi connectivity index (χ1) is 10.6. The minimum atomic E-state index is 0.537. The Morgan fingerprint density at radius 1 is 1.18 bits per heavy atom. The highest BCUT2D eigenvalue weighted by atomic mass is 32.1. The first-order valence-electron chi connectivity index (χ1n) is 6.81. The molecule has 0 aliphatic rings. The molecule has 1 aromatic carbocycles. The third-order valence-corrected chi connectivity index (χ3v) is 5.90. The van der Waals surface area contributed by atoms with Gasteiger partial charge in [0, 0.05) is 21.4 Å². The molecule has 0 atom stereocenters. The van der Waals surface area contributed by atoms with Crippen LogP contribution in [-0.4, -0.2) is 17.1 Å². The van der Waals surface area contributed by atoms with Crippen LogP contribution in [0.4, 0.5) is 0 Å². The molecule has 2 aromatic heterocycles. The van der Waals surface area contributed by atoms with Crippen LogP contribution >= 0.6 is 34.9 Å². The summed E-state index contributed by atoms with van der Waals surface area (Å²) in [7, 11) is 1.61. The number of hydrogen-bond donors (Lipinski definition) is 0. The van der Waals surface area contributed by atoms with Gasteiger partial charge >= 0.3 is 0 Å². The number of ether oxygens (including phenoxy) is 1. The van der Waals surface area contributed by atoms with E-state index in [-0.39, 0.29) is 0 Å². The fourth-order valence-corrected chi connectivity index (χ4v) is 4.36. The smallest absolute Gasteiger partial charge is 0.201 e. The highest BCUT2D eigenvalue weighted by Crippen LogP contribution is 2.36. The van der Waals surface area contributed by atoms with Gasteiger partial charge in [0.05, 0.1) is 17.7 Å². The topological polar surface area (TPSA) is 22.1 Å². The van der Waals surface area contributed by atoms with Crippen molar-refractivity contribution in [2.75, 3.05) is 7.11 Å². The van der Waals surface area contributed by atoms with Crippen LogP contribution in [0.5, 0.6) is 0 Å². The molecule has 0 bridgehead atoms. The molecule has 0 fully saturated rings. The molecular weight excluding hydrogens is 330 g/mol. The molecule has 5 heteroatoms. The highest BCUT2D eigenvalue weighted by Gasteiger charge is 2.15. The van der Waals surface area contributed by atoms with E-state index in [0.717, 1.165) is 21.1 Å². The largest absolute Gasteiger partial charge is 0.486 e. The van der Waals surface area contributed by atoms with Crippen LogP contribution in [-0.2, 0) is 4.74 Å². The minimum Gasteiger partial charge on any atom is -0.486 e. The molecule has 22 heavy (non-hydrogen) atoms. The maximum absolute atomic E-state index is 5.21. The Morgan fingerprint density at radius 3 is 2.68 bits per heavy atom. The van der Waals surface area contributed by atoms with Crippen molar-refractivity contribution < 1.29 is 4.74 Å². The van der Waals surface area contributed by atoms with E-state index in [9.17, 15) is 0 Å². The van der Waals surface area contributed by atoms with Crippen LogP contribution in [0.2, 0.25) is 0 Å². The Hall–Kier alpha value is -1.56. The minimum absolute atomic E-state index is 0.537. The van der Waals surface area contributed by atoms with Gasteiger partial charge in [-0.1, -0.05) is 24.3 Å². The van der Waals surface area contributed by atoms with Gasteiger partial charge in [-0.3, -0.25) is 0 Å². The lowest BCUT2D eigenvalue weighted by atomic mass is 10.1. The second-order valence-corrected chi connectivity index (χ2v) is 7.41. The Labute approximate surface area is 143 Å². The van der Waals surface area contributed by atoms with E-state index < -0.39 is 0 Å². The third kappa shape index (κ3) is 2.84. The Bertz CT molecular complexity index is 832. The molecule has 0 spiro atoms. The second kappa shape index (κ2) is 6.28. The van der Waals surface area contributed by atoms with E-state index >= 15 is 0 Å². The van der Waals surface area contributed by atoms with Crippen molar-refractivity contribution in [3.8, 4) is 21.8 Å². The van der Waals surface area contributed by atoms with E-state index in [1.165, 1.54) is 16.0 Å². The molecule has 0 amide bonds. The maximum atomic E-state index is 5.21. The van der Waals surface area contributed by atoms with Gasteiger partial charge in [-0.25, -0.2) is 4.98 Å². The van der Waals surface area contributed by atoms with Gasteiger partial charge in [0.1, 0.15) is 5.01 Å². The van der Waals surface area contributed by atoms with Gasteiger partial charge in [0.2, 0.25) is 5.05 Å². The predicted octanol–water partition coefficient (Wildman–Crippen LogP) is 5.48. The number of thiazole rings is 1. The van der Waals surface area contributed by atoms with Crippen molar-refractivity contribution >= 4 is 39.9 Å². The fourth-order valence-electron chi connectivity index (χ4n) is 2.28. The van der Waals surface area contributed by atoms with Gasteiger partial charge in [0.25, 0.3) is 0 Å². The standard InChI is InChI=1S/C17H15NOS3/c1-10-6-4-5-7-12(10)14-9-21-16(18-14)13-8-15(17(20)19-3)22-11(13)2/h4-9H,1-3H3. The molecule has 0 saturated heterocycles. The summed E-state index contributed by atoms with van der Waals surface area (Å²) < 4.78 is 5.16.